The lowest BCUT2D eigenvalue weighted by Gasteiger charge is -2.02. The van der Waals surface area contributed by atoms with E-state index in [1.807, 2.05) is 0 Å². The highest BCUT2D eigenvalue weighted by atomic mass is 15.1. The highest BCUT2D eigenvalue weighted by Gasteiger charge is 1.94. The van der Waals surface area contributed by atoms with Crippen molar-refractivity contribution >= 4 is 0 Å². The van der Waals surface area contributed by atoms with Gasteiger partial charge in [-0.25, -0.2) is 0 Å². The Balaban J connectivity index is 0.000000364. The zero-order chi connectivity index (χ0) is 10.8. The van der Waals surface area contributed by atoms with Crippen molar-refractivity contribution in [3.63, 3.8) is 0 Å². The molecule has 1 aromatic carbocycles. The van der Waals surface area contributed by atoms with Gasteiger partial charge in [-0.05, 0) is 23.4 Å². The summed E-state index contributed by atoms with van der Waals surface area (Å²) in [6.45, 7) is 4.49. The predicted molar refractivity (Wildman–Crippen MR) is 60.1 cm³/mol. The third-order valence-electron chi connectivity index (χ3n) is 1.58. The fourth-order valence-electron chi connectivity index (χ4n) is 1.09. The topological polar surface area (TPSA) is 48.8 Å². The van der Waals surface area contributed by atoms with E-state index in [2.05, 4.69) is 54.2 Å². The van der Waals surface area contributed by atoms with Gasteiger partial charge in [0.1, 0.15) is 0 Å². The molecule has 0 saturated carbocycles. The smallest absolute Gasteiger partial charge is 0.0139 e. The quantitative estimate of drug-likeness (QED) is 0.388. The molecule has 76 valence electrons. The molecular weight excluding hydrogens is 174 g/mol. The lowest BCUT2D eigenvalue weighted by Crippen LogP contribution is -1.92. The molecule has 0 fully saturated rings. The fourth-order valence-corrected chi connectivity index (χ4v) is 1.09. The highest BCUT2D eigenvalue weighted by molar-refractivity contribution is 5.14. The first-order valence-corrected chi connectivity index (χ1v) is 4.67. The normalized spacial score (nSPS) is 8.57. The van der Waals surface area contributed by atoms with E-state index < -0.39 is 0 Å². The van der Waals surface area contributed by atoms with Crippen LogP contribution in [0.3, 0.4) is 0 Å². The van der Waals surface area contributed by atoms with Gasteiger partial charge in [-0.3, -0.25) is 0 Å². The maximum atomic E-state index is 7.33. The number of hydrogen-bond acceptors (Lipinski definition) is 1. The van der Waals surface area contributed by atoms with Gasteiger partial charge in [0.15, 0.2) is 0 Å². The molecule has 0 aliphatic carbocycles. The van der Waals surface area contributed by atoms with Crippen LogP contribution in [0.25, 0.3) is 10.4 Å². The molecule has 0 N–H and O–H groups in total. The molecule has 0 aliphatic rings. The maximum absolute atomic E-state index is 7.33. The first-order chi connectivity index (χ1) is 6.70. The van der Waals surface area contributed by atoms with Gasteiger partial charge in [-0.1, -0.05) is 49.3 Å². The van der Waals surface area contributed by atoms with Gasteiger partial charge in [0.05, 0.1) is 0 Å². The standard InChI is InChI=1S/C10H14.CH3N3/c1-9(2)8-10-6-4-3-5-7-10;1-3-4-2/h3-7,9H,8H2,1-2H3;1H3. The van der Waals surface area contributed by atoms with E-state index in [9.17, 15) is 0 Å². The molecule has 0 saturated heterocycles. The average Bonchev–Trinajstić information content (AvgIpc) is 2.19. The van der Waals surface area contributed by atoms with E-state index in [-0.39, 0.29) is 0 Å². The first kappa shape index (κ1) is 12.5. The molecule has 14 heavy (non-hydrogen) atoms. The van der Waals surface area contributed by atoms with Crippen LogP contribution in [0.4, 0.5) is 0 Å². The molecule has 0 spiro atoms. The molecule has 1 aromatic rings. The summed E-state index contributed by atoms with van der Waals surface area (Å²) >= 11 is 0. The molecule has 3 nitrogen and oxygen atoms in total. The molecule has 0 heterocycles. The summed E-state index contributed by atoms with van der Waals surface area (Å²) in [6, 6.07) is 10.6. The second kappa shape index (κ2) is 8.14. The fraction of sp³-hybridized carbons (Fsp3) is 0.455. The first-order valence-electron chi connectivity index (χ1n) is 4.67. The van der Waals surface area contributed by atoms with Crippen molar-refractivity contribution in [3.8, 4) is 0 Å². The number of nitrogens with zero attached hydrogens (tertiary/aromatic N) is 3. The van der Waals surface area contributed by atoms with Crippen molar-refractivity contribution in [1.82, 2.24) is 0 Å². The summed E-state index contributed by atoms with van der Waals surface area (Å²) in [6.07, 6.45) is 1.20. The summed E-state index contributed by atoms with van der Waals surface area (Å²) in [5, 5.41) is 2.92. The van der Waals surface area contributed by atoms with Crippen molar-refractivity contribution in [2.75, 3.05) is 7.05 Å². The summed E-state index contributed by atoms with van der Waals surface area (Å²) in [5.41, 5.74) is 8.78. The molecule has 0 aromatic heterocycles. The van der Waals surface area contributed by atoms with Crippen molar-refractivity contribution in [2.24, 2.45) is 11.0 Å². The Morgan fingerprint density at radius 2 is 1.79 bits per heavy atom. The summed E-state index contributed by atoms with van der Waals surface area (Å²) in [4.78, 5) is 2.36. The van der Waals surface area contributed by atoms with Gasteiger partial charge >= 0.3 is 0 Å². The molecule has 0 unspecified atom stereocenters. The Morgan fingerprint density at radius 1 is 1.29 bits per heavy atom. The molecule has 0 aliphatic heterocycles. The molecular formula is C11H17N3. The van der Waals surface area contributed by atoms with Gasteiger partial charge < -0.3 is 0 Å². The van der Waals surface area contributed by atoms with Crippen molar-refractivity contribution in [1.29, 1.82) is 0 Å². The number of azide groups is 1. The predicted octanol–water partition coefficient (Wildman–Crippen LogP) is 3.81. The largest absolute Gasteiger partial charge is 0.0973 e. The minimum absolute atomic E-state index is 0.766. The maximum Gasteiger partial charge on any atom is 0.0139 e. The summed E-state index contributed by atoms with van der Waals surface area (Å²) < 4.78 is 0. The van der Waals surface area contributed by atoms with E-state index in [0.717, 1.165) is 5.92 Å². The van der Waals surface area contributed by atoms with E-state index in [1.165, 1.54) is 19.0 Å². The molecule has 0 atom stereocenters. The highest BCUT2D eigenvalue weighted by Crippen LogP contribution is 2.05. The minimum Gasteiger partial charge on any atom is -0.0973 e. The Kier molecular flexibility index (Phi) is 7.29. The van der Waals surface area contributed by atoms with Crippen LogP contribution in [0.5, 0.6) is 0 Å². The van der Waals surface area contributed by atoms with Gasteiger partial charge in [0.25, 0.3) is 0 Å². The molecule has 3 heteroatoms. The number of benzene rings is 1. The van der Waals surface area contributed by atoms with E-state index >= 15 is 0 Å². The van der Waals surface area contributed by atoms with Crippen LogP contribution in [-0.4, -0.2) is 7.05 Å². The van der Waals surface area contributed by atoms with Gasteiger partial charge in [-0.15, -0.1) is 0 Å². The molecule has 1 rings (SSSR count). The van der Waals surface area contributed by atoms with E-state index in [4.69, 9.17) is 5.53 Å². The third-order valence-corrected chi connectivity index (χ3v) is 1.58. The zero-order valence-electron chi connectivity index (χ0n) is 9.01. The summed E-state index contributed by atoms with van der Waals surface area (Å²) in [5.74, 6) is 0.766. The SMILES string of the molecule is CC(C)Cc1ccccc1.CN=[N+]=[N-]. The van der Waals surface area contributed by atoms with Crippen molar-refractivity contribution in [3.05, 3.63) is 46.3 Å². The number of rotatable bonds is 2. The van der Waals surface area contributed by atoms with Crippen LogP contribution in [0.1, 0.15) is 19.4 Å². The Labute approximate surface area is 85.4 Å². The third kappa shape index (κ3) is 7.19. The van der Waals surface area contributed by atoms with Crippen molar-refractivity contribution in [2.45, 2.75) is 20.3 Å². The van der Waals surface area contributed by atoms with Crippen LogP contribution in [0.15, 0.2) is 35.4 Å². The Bertz CT molecular complexity index is 274. The second-order valence-corrected chi connectivity index (χ2v) is 3.37. The van der Waals surface area contributed by atoms with Crippen molar-refractivity contribution < 1.29 is 0 Å². The van der Waals surface area contributed by atoms with Gasteiger partial charge in [0.2, 0.25) is 0 Å². The zero-order valence-corrected chi connectivity index (χ0v) is 9.01. The lowest BCUT2D eigenvalue weighted by atomic mass is 10.0. The summed E-state index contributed by atoms with van der Waals surface area (Å²) in [7, 11) is 1.39. The van der Waals surface area contributed by atoms with Crippen LogP contribution < -0.4 is 0 Å². The minimum atomic E-state index is 0.766. The lowest BCUT2D eigenvalue weighted by molar-refractivity contribution is 0.647. The Morgan fingerprint density at radius 3 is 2.14 bits per heavy atom. The Hall–Kier alpha value is -1.47. The average molecular weight is 191 g/mol. The van der Waals surface area contributed by atoms with Crippen LogP contribution in [0.2, 0.25) is 0 Å². The number of hydrogen-bond donors (Lipinski definition) is 0. The molecule has 0 amide bonds. The van der Waals surface area contributed by atoms with Crippen LogP contribution >= 0.6 is 0 Å². The second-order valence-electron chi connectivity index (χ2n) is 3.37. The van der Waals surface area contributed by atoms with Gasteiger partial charge in [-0.2, -0.15) is 0 Å². The monoisotopic (exact) mass is 191 g/mol. The van der Waals surface area contributed by atoms with Crippen LogP contribution in [-0.2, 0) is 6.42 Å². The molecule has 0 radical (unpaired) electrons. The van der Waals surface area contributed by atoms with Crippen LogP contribution in [0, 0.1) is 5.92 Å². The van der Waals surface area contributed by atoms with Gasteiger partial charge in [0, 0.05) is 12.0 Å². The van der Waals surface area contributed by atoms with E-state index in [0.29, 0.717) is 0 Å². The molecule has 0 bridgehead atoms. The van der Waals surface area contributed by atoms with E-state index in [1.54, 1.807) is 0 Å².